The number of hydrogen-bond donors (Lipinski definition) is 4. The van der Waals surface area contributed by atoms with Crippen molar-refractivity contribution in [3.05, 3.63) is 11.9 Å². The normalized spacial score (nSPS) is 26.8. The molecule has 136 valence electrons. The van der Waals surface area contributed by atoms with E-state index in [9.17, 15) is 15.0 Å². The fourth-order valence-corrected chi connectivity index (χ4v) is 2.97. The highest BCUT2D eigenvalue weighted by molar-refractivity contribution is 5.74. The first-order valence-corrected chi connectivity index (χ1v) is 8.35. The zero-order chi connectivity index (χ0) is 17.7. The van der Waals surface area contributed by atoms with Gasteiger partial charge in [-0.3, -0.25) is 4.68 Å². The summed E-state index contributed by atoms with van der Waals surface area (Å²) in [7, 11) is 3.91. The molecule has 9 nitrogen and oxygen atoms in total. The minimum atomic E-state index is -0.979. The Balaban J connectivity index is 1.89. The van der Waals surface area contributed by atoms with Gasteiger partial charge in [-0.05, 0) is 26.9 Å². The van der Waals surface area contributed by atoms with Gasteiger partial charge in [0.25, 0.3) is 0 Å². The summed E-state index contributed by atoms with van der Waals surface area (Å²) in [6.45, 7) is 3.69. The van der Waals surface area contributed by atoms with Crippen molar-refractivity contribution in [3.8, 4) is 0 Å². The number of carbonyl (C=O) groups excluding carboxylic acids is 1. The van der Waals surface area contributed by atoms with Crippen LogP contribution in [0.25, 0.3) is 0 Å². The first-order valence-electron chi connectivity index (χ1n) is 8.35. The van der Waals surface area contributed by atoms with E-state index in [1.54, 1.807) is 4.68 Å². The number of aliphatic hydroxyl groups excluding tert-OH is 2. The smallest absolute Gasteiger partial charge is 0.315 e. The van der Waals surface area contributed by atoms with Crippen LogP contribution in [0.4, 0.5) is 4.79 Å². The summed E-state index contributed by atoms with van der Waals surface area (Å²) in [6.07, 6.45) is 1.29. The Morgan fingerprint density at radius 3 is 2.83 bits per heavy atom. The third-order valence-electron chi connectivity index (χ3n) is 4.14. The second-order valence-electron chi connectivity index (χ2n) is 6.65. The highest BCUT2D eigenvalue weighted by Crippen LogP contribution is 2.28. The Hall–Kier alpha value is -1.71. The molecule has 0 spiro atoms. The lowest BCUT2D eigenvalue weighted by molar-refractivity contribution is 0.00860. The maximum atomic E-state index is 11.7. The van der Waals surface area contributed by atoms with Crippen molar-refractivity contribution in [1.82, 2.24) is 30.5 Å². The molecule has 2 rings (SSSR count). The first kappa shape index (κ1) is 18.6. The van der Waals surface area contributed by atoms with Gasteiger partial charge in [-0.15, -0.1) is 5.10 Å². The summed E-state index contributed by atoms with van der Waals surface area (Å²) in [6, 6.07) is -0.783. The lowest BCUT2D eigenvalue weighted by Gasteiger charge is -2.18. The molecule has 1 aromatic heterocycles. The molecule has 0 aliphatic heterocycles. The summed E-state index contributed by atoms with van der Waals surface area (Å²) in [5.74, 6) is -0.189. The van der Waals surface area contributed by atoms with Crippen LogP contribution in [0.15, 0.2) is 6.20 Å². The molecule has 4 N–H and O–H groups in total. The molecule has 1 aromatic rings. The van der Waals surface area contributed by atoms with Gasteiger partial charge in [-0.25, -0.2) is 4.79 Å². The second-order valence-corrected chi connectivity index (χ2v) is 6.65. The third-order valence-corrected chi connectivity index (χ3v) is 4.14. The lowest BCUT2D eigenvalue weighted by Crippen LogP contribution is -2.47. The highest BCUT2D eigenvalue weighted by atomic mass is 16.3. The van der Waals surface area contributed by atoms with Gasteiger partial charge in [0.1, 0.15) is 6.10 Å². The Kier molecular flexibility index (Phi) is 6.52. The predicted molar refractivity (Wildman–Crippen MR) is 88.1 cm³/mol. The van der Waals surface area contributed by atoms with Crippen LogP contribution in [0.1, 0.15) is 25.5 Å². The van der Waals surface area contributed by atoms with Gasteiger partial charge in [0.2, 0.25) is 0 Å². The number of amides is 2. The van der Waals surface area contributed by atoms with Crippen LogP contribution in [0.5, 0.6) is 0 Å². The van der Waals surface area contributed by atoms with Gasteiger partial charge in [-0.2, -0.15) is 0 Å². The topological polar surface area (TPSA) is 116 Å². The van der Waals surface area contributed by atoms with Crippen LogP contribution < -0.4 is 10.6 Å². The summed E-state index contributed by atoms with van der Waals surface area (Å²) in [4.78, 5) is 13.7. The Morgan fingerprint density at radius 2 is 2.17 bits per heavy atom. The molecular weight excluding hydrogens is 312 g/mol. The maximum Gasteiger partial charge on any atom is 0.315 e. The molecule has 24 heavy (non-hydrogen) atoms. The van der Waals surface area contributed by atoms with E-state index in [2.05, 4.69) is 20.9 Å². The van der Waals surface area contributed by atoms with E-state index in [-0.39, 0.29) is 11.9 Å². The molecule has 2 amide bonds. The maximum absolute atomic E-state index is 11.7. The lowest BCUT2D eigenvalue weighted by atomic mass is 10.1. The van der Waals surface area contributed by atoms with Crippen molar-refractivity contribution in [3.63, 3.8) is 0 Å². The fraction of sp³-hybridized carbons (Fsp3) is 0.800. The van der Waals surface area contributed by atoms with Crippen molar-refractivity contribution in [2.45, 2.75) is 51.1 Å². The number of urea groups is 1. The molecule has 1 saturated carbocycles. The number of carbonyl (C=O) groups is 1. The minimum Gasteiger partial charge on any atom is -0.390 e. The number of hydrogen-bond acceptors (Lipinski definition) is 6. The van der Waals surface area contributed by atoms with E-state index < -0.39 is 18.2 Å². The standard InChI is InChI=1S/C15H28N6O3/c1-4-5-16-15(24)17-12-6-10(13(22)14(12)23)7-21-9-11(18-19-21)8-20(2)3/h9-10,12-14,22-23H,4-8H2,1-3H3,(H2,16,17,24)/t10-,12-,13-,14+/m1/s1. The van der Waals surface area contributed by atoms with Crippen LogP contribution in [-0.2, 0) is 13.1 Å². The van der Waals surface area contributed by atoms with E-state index in [1.165, 1.54) is 0 Å². The summed E-state index contributed by atoms with van der Waals surface area (Å²) in [5.41, 5.74) is 0.849. The fourth-order valence-electron chi connectivity index (χ4n) is 2.97. The summed E-state index contributed by atoms with van der Waals surface area (Å²) < 4.78 is 1.68. The van der Waals surface area contributed by atoms with Crippen molar-refractivity contribution >= 4 is 6.03 Å². The molecule has 1 aliphatic rings. The van der Waals surface area contributed by atoms with Gasteiger partial charge in [0.15, 0.2) is 0 Å². The quantitative estimate of drug-likeness (QED) is 0.514. The Bertz CT molecular complexity index is 535. The Morgan fingerprint density at radius 1 is 1.42 bits per heavy atom. The molecule has 1 heterocycles. The van der Waals surface area contributed by atoms with Gasteiger partial charge < -0.3 is 25.7 Å². The zero-order valence-electron chi connectivity index (χ0n) is 14.5. The van der Waals surface area contributed by atoms with E-state index in [0.717, 1.165) is 12.1 Å². The van der Waals surface area contributed by atoms with Crippen LogP contribution in [0, 0.1) is 5.92 Å². The molecule has 9 heteroatoms. The van der Waals surface area contributed by atoms with Crippen LogP contribution in [-0.4, -0.2) is 75.0 Å². The van der Waals surface area contributed by atoms with Crippen molar-refractivity contribution in [1.29, 1.82) is 0 Å². The van der Waals surface area contributed by atoms with Crippen molar-refractivity contribution < 1.29 is 15.0 Å². The van der Waals surface area contributed by atoms with Crippen LogP contribution >= 0.6 is 0 Å². The molecule has 0 bridgehead atoms. The summed E-state index contributed by atoms with van der Waals surface area (Å²) >= 11 is 0. The molecule has 0 aromatic carbocycles. The molecule has 1 aliphatic carbocycles. The molecular formula is C15H28N6O3. The van der Waals surface area contributed by atoms with Crippen LogP contribution in [0.2, 0.25) is 0 Å². The average Bonchev–Trinajstić information content (AvgIpc) is 3.05. The number of nitrogens with zero attached hydrogens (tertiary/aromatic N) is 4. The number of rotatable bonds is 7. The van der Waals surface area contributed by atoms with Crippen molar-refractivity contribution in [2.75, 3.05) is 20.6 Å². The first-order chi connectivity index (χ1) is 11.4. The van der Waals surface area contributed by atoms with Gasteiger partial charge in [-0.1, -0.05) is 12.1 Å². The number of aliphatic hydroxyl groups is 2. The van der Waals surface area contributed by atoms with Gasteiger partial charge in [0, 0.05) is 31.7 Å². The van der Waals surface area contributed by atoms with E-state index in [4.69, 9.17) is 0 Å². The molecule has 0 saturated heterocycles. The van der Waals surface area contributed by atoms with E-state index >= 15 is 0 Å². The van der Waals surface area contributed by atoms with Gasteiger partial charge >= 0.3 is 6.03 Å². The summed E-state index contributed by atoms with van der Waals surface area (Å²) in [5, 5.41) is 34.0. The number of aromatic nitrogens is 3. The minimum absolute atomic E-state index is 0.189. The second kappa shape index (κ2) is 8.41. The molecule has 0 unspecified atom stereocenters. The zero-order valence-corrected chi connectivity index (χ0v) is 14.5. The largest absolute Gasteiger partial charge is 0.390 e. The predicted octanol–water partition coefficient (Wildman–Crippen LogP) is -0.841. The molecule has 1 fully saturated rings. The van der Waals surface area contributed by atoms with Crippen molar-refractivity contribution in [2.24, 2.45) is 5.92 Å². The molecule has 4 atom stereocenters. The van der Waals surface area contributed by atoms with E-state index in [1.807, 2.05) is 32.1 Å². The van der Waals surface area contributed by atoms with Gasteiger partial charge in [0.05, 0.1) is 17.8 Å². The SMILES string of the molecule is CCCNC(=O)N[C@@H]1C[C@H](Cn2cc(CN(C)C)nn2)[C@@H](O)[C@H]1O. The number of nitrogens with one attached hydrogen (secondary N) is 2. The van der Waals surface area contributed by atoms with E-state index in [0.29, 0.717) is 26.1 Å². The molecule has 0 radical (unpaired) electrons. The monoisotopic (exact) mass is 340 g/mol. The average molecular weight is 340 g/mol. The Labute approximate surface area is 142 Å². The van der Waals surface area contributed by atoms with Crippen LogP contribution in [0.3, 0.4) is 0 Å². The highest BCUT2D eigenvalue weighted by Gasteiger charge is 2.42. The third kappa shape index (κ3) is 4.89.